The number of ether oxygens (including phenoxy) is 2. The molecule has 0 bridgehead atoms. The summed E-state index contributed by atoms with van der Waals surface area (Å²) >= 11 is 7.97. The first kappa shape index (κ1) is 18.1. The second kappa shape index (κ2) is 8.06. The summed E-state index contributed by atoms with van der Waals surface area (Å²) < 4.78 is 12.4. The molecule has 0 radical (unpaired) electrons. The Morgan fingerprint density at radius 2 is 2.05 bits per heavy atom. The van der Waals surface area contributed by atoms with Crippen molar-refractivity contribution in [2.24, 2.45) is 0 Å². The largest absolute Gasteiger partial charge is 0.476 e. The van der Waals surface area contributed by atoms with Gasteiger partial charge >= 0.3 is 0 Å². The van der Waals surface area contributed by atoms with Gasteiger partial charge in [-0.15, -0.1) is 11.8 Å². The molecule has 1 atom stereocenters. The van der Waals surface area contributed by atoms with E-state index in [2.05, 4.69) is 0 Å². The Hall–Kier alpha value is -0.210. The lowest BCUT2D eigenvalue weighted by atomic mass is 10.3. The third-order valence-corrected chi connectivity index (χ3v) is 7.44. The van der Waals surface area contributed by atoms with Gasteiger partial charge in [-0.25, -0.2) is 0 Å². The Balaban J connectivity index is 2.25. The summed E-state index contributed by atoms with van der Waals surface area (Å²) in [5.74, 6) is 0.102. The van der Waals surface area contributed by atoms with Crippen LogP contribution >= 0.6 is 35.7 Å². The second-order valence-corrected chi connectivity index (χ2v) is 10.3. The van der Waals surface area contributed by atoms with Crippen molar-refractivity contribution in [1.82, 2.24) is 0 Å². The highest BCUT2D eigenvalue weighted by Gasteiger charge is 2.27. The van der Waals surface area contributed by atoms with Crippen molar-refractivity contribution in [2.45, 2.75) is 44.5 Å². The van der Waals surface area contributed by atoms with Gasteiger partial charge in [0.25, 0.3) is 0 Å². The number of carbonyl (C=O) groups is 1. The van der Waals surface area contributed by atoms with Crippen LogP contribution in [-0.4, -0.2) is 36.2 Å². The smallest absolute Gasteiger partial charge is 0.221 e. The van der Waals surface area contributed by atoms with Crippen molar-refractivity contribution in [2.75, 3.05) is 0 Å². The molecule has 0 fully saturated rings. The number of hydrogen-bond donors (Lipinski definition) is 0. The van der Waals surface area contributed by atoms with Crippen LogP contribution in [0.5, 0.6) is 0 Å². The molecule has 0 saturated carbocycles. The van der Waals surface area contributed by atoms with E-state index in [-0.39, 0.29) is 32.6 Å². The number of thioether (sulfide) groups is 2. The van der Waals surface area contributed by atoms with Gasteiger partial charge in [-0.3, -0.25) is 4.79 Å². The van der Waals surface area contributed by atoms with E-state index in [0.717, 1.165) is 9.25 Å². The lowest BCUT2D eigenvalue weighted by Gasteiger charge is -2.33. The molecule has 3 nitrogen and oxygen atoms in total. The molecule has 2 aliphatic heterocycles. The minimum absolute atomic E-state index is 0.0128. The van der Waals surface area contributed by atoms with Gasteiger partial charge < -0.3 is 19.5 Å². The van der Waals surface area contributed by atoms with Crippen molar-refractivity contribution in [3.8, 4) is 0 Å². The number of thiocarbonyl (C=S) groups is 1. The first-order valence-electron chi connectivity index (χ1n) is 6.95. The van der Waals surface area contributed by atoms with Crippen molar-refractivity contribution >= 4 is 65.2 Å². The molecule has 0 aromatic rings. The molecule has 1 unspecified atom stereocenters. The maximum atomic E-state index is 12.7. The Morgan fingerprint density at radius 3 is 2.68 bits per heavy atom. The highest BCUT2D eigenvalue weighted by molar-refractivity contribution is 8.38. The molecule has 2 heterocycles. The quantitative estimate of drug-likeness (QED) is 0.555. The van der Waals surface area contributed by atoms with Gasteiger partial charge in [-0.05, 0) is 44.3 Å². The van der Waals surface area contributed by atoms with Crippen LogP contribution in [0.25, 0.3) is 0 Å². The monoisotopic (exact) mass is 375 g/mol. The Kier molecular flexibility index (Phi) is 6.64. The standard InChI is InChI=1S/C15H19O3S4/c1-9(2)17-14(19)20-13-12(16)11-7-5-6-8-22(11)15(21-13)18-10(3)4/h5-10,13H,1-4H3/q-1. The van der Waals surface area contributed by atoms with Gasteiger partial charge in [0.05, 0.1) is 12.2 Å². The number of ketones is 1. The summed E-state index contributed by atoms with van der Waals surface area (Å²) in [5.41, 5.74) is 0. The van der Waals surface area contributed by atoms with Crippen LogP contribution in [-0.2, 0) is 24.3 Å². The van der Waals surface area contributed by atoms with E-state index in [1.54, 1.807) is 0 Å². The zero-order valence-corrected chi connectivity index (χ0v) is 16.2. The van der Waals surface area contributed by atoms with Gasteiger partial charge in [0.1, 0.15) is 4.58 Å². The van der Waals surface area contributed by atoms with Crippen LogP contribution in [0.1, 0.15) is 27.7 Å². The zero-order chi connectivity index (χ0) is 16.3. The van der Waals surface area contributed by atoms with Gasteiger partial charge in [-0.2, -0.15) is 5.41 Å². The van der Waals surface area contributed by atoms with Crippen LogP contribution in [0.3, 0.4) is 0 Å². The van der Waals surface area contributed by atoms with Gasteiger partial charge in [0.2, 0.25) is 4.38 Å². The summed E-state index contributed by atoms with van der Waals surface area (Å²) in [4.78, 5) is 13.5. The second-order valence-electron chi connectivity index (χ2n) is 5.15. The zero-order valence-electron chi connectivity index (χ0n) is 12.9. The van der Waals surface area contributed by atoms with E-state index in [0.29, 0.717) is 4.38 Å². The topological polar surface area (TPSA) is 35.5 Å². The number of rotatable bonds is 3. The molecule has 0 N–H and O–H groups in total. The molecule has 2 rings (SSSR count). The van der Waals surface area contributed by atoms with Crippen LogP contribution in [0.15, 0.2) is 23.6 Å². The molecule has 7 heteroatoms. The number of carbonyl (C=O) groups excluding carboxylic acids is 1. The summed E-state index contributed by atoms with van der Waals surface area (Å²) in [6, 6.07) is 0. The summed E-state index contributed by atoms with van der Waals surface area (Å²) in [6.45, 7) is 7.82. The summed E-state index contributed by atoms with van der Waals surface area (Å²) in [5, 5.41) is 2.03. The Morgan fingerprint density at radius 1 is 1.32 bits per heavy atom. The predicted octanol–water partition coefficient (Wildman–Crippen LogP) is 3.46. The fraction of sp³-hybridized carbons (Fsp3) is 0.467. The molecule has 122 valence electrons. The van der Waals surface area contributed by atoms with E-state index in [4.69, 9.17) is 21.7 Å². The average molecular weight is 376 g/mol. The molecule has 0 saturated heterocycles. The predicted molar refractivity (Wildman–Crippen MR) is 105 cm³/mol. The van der Waals surface area contributed by atoms with Crippen molar-refractivity contribution in [3.05, 3.63) is 23.6 Å². The van der Waals surface area contributed by atoms with Crippen LogP contribution in [0.2, 0.25) is 0 Å². The molecular weight excluding hydrogens is 356 g/mol. The maximum absolute atomic E-state index is 12.7. The van der Waals surface area contributed by atoms with Gasteiger partial charge in [0.15, 0.2) is 5.78 Å². The highest BCUT2D eigenvalue weighted by Crippen LogP contribution is 2.33. The lowest BCUT2D eigenvalue weighted by molar-refractivity contribution is -0.111. The summed E-state index contributed by atoms with van der Waals surface area (Å²) in [6.07, 6.45) is 5.83. The van der Waals surface area contributed by atoms with Crippen molar-refractivity contribution in [3.63, 3.8) is 0 Å². The highest BCUT2D eigenvalue weighted by atomic mass is 32.2. The third-order valence-electron chi connectivity index (χ3n) is 2.52. The SMILES string of the molecule is CC(C)OC(=S)SC1SC(OC(C)C)=[S-]2=C(C=CC=C2)C1=O. The molecule has 0 amide bonds. The molecule has 2 aliphatic rings. The van der Waals surface area contributed by atoms with Crippen molar-refractivity contribution in [1.29, 1.82) is 0 Å². The molecule has 0 aromatic carbocycles. The number of allylic oxidation sites excluding steroid dienone is 3. The fourth-order valence-corrected chi connectivity index (χ4v) is 7.42. The number of hydrogen-bond acceptors (Lipinski definition) is 7. The first-order valence-corrected chi connectivity index (χ1v) is 10.4. The van der Waals surface area contributed by atoms with Gasteiger partial charge in [-0.1, -0.05) is 34.9 Å². The van der Waals surface area contributed by atoms with E-state index in [1.165, 1.54) is 23.5 Å². The van der Waals surface area contributed by atoms with Crippen LogP contribution < -0.4 is 0 Å². The van der Waals surface area contributed by atoms with E-state index in [9.17, 15) is 4.79 Å². The van der Waals surface area contributed by atoms with E-state index in [1.807, 2.05) is 51.3 Å². The summed E-state index contributed by atoms with van der Waals surface area (Å²) in [7, 11) is -0.378. The maximum Gasteiger partial charge on any atom is 0.221 e. The van der Waals surface area contributed by atoms with Crippen LogP contribution in [0.4, 0.5) is 0 Å². The molecule has 0 aliphatic carbocycles. The fourth-order valence-electron chi connectivity index (χ4n) is 1.72. The van der Waals surface area contributed by atoms with E-state index < -0.39 is 0 Å². The minimum atomic E-state index is -0.378. The van der Waals surface area contributed by atoms with Crippen LogP contribution in [0, 0.1) is 0 Å². The number of Topliss-reactive ketones (excluding diaryl/α,β-unsaturated/α-hetero) is 1. The first-order chi connectivity index (χ1) is 10.4. The van der Waals surface area contributed by atoms with Gasteiger partial charge in [0, 0.05) is 0 Å². The molecule has 22 heavy (non-hydrogen) atoms. The van der Waals surface area contributed by atoms with Crippen molar-refractivity contribution < 1.29 is 14.3 Å². The Bertz CT molecular complexity index is 623. The molecular formula is C15H19O3S4-. The average Bonchev–Trinajstić information content (AvgIpc) is 2.42. The Labute approximate surface area is 147 Å². The molecule has 0 spiro atoms. The van der Waals surface area contributed by atoms with E-state index >= 15 is 0 Å². The lowest BCUT2D eigenvalue weighted by Crippen LogP contribution is -2.33. The normalized spacial score (nSPS) is 21.7. The minimum Gasteiger partial charge on any atom is -0.476 e. The third kappa shape index (κ3) is 4.64. The molecule has 0 aromatic heterocycles.